The lowest BCUT2D eigenvalue weighted by atomic mass is 9.69. The fraction of sp³-hybridized carbons (Fsp3) is 0.0263. The summed E-state index contributed by atoms with van der Waals surface area (Å²) in [5.41, 5.74) is 11.2. The maximum Gasteiger partial charge on any atom is 0.0886 e. The first kappa shape index (κ1) is 23.1. The molecule has 1 heteroatoms. The molecule has 0 bridgehead atoms. The molecule has 0 N–H and O–H groups in total. The van der Waals surface area contributed by atoms with E-state index in [2.05, 4.69) is 128 Å². The zero-order valence-electron chi connectivity index (χ0n) is 21.6. The van der Waals surface area contributed by atoms with E-state index in [9.17, 15) is 0 Å². The number of benzene rings is 5. The highest BCUT2D eigenvalue weighted by Crippen LogP contribution is 2.56. The summed E-state index contributed by atoms with van der Waals surface area (Å²) in [6.45, 7) is 8.32. The molecule has 0 fully saturated rings. The summed E-state index contributed by atoms with van der Waals surface area (Å²) in [6, 6.07) is 43.5. The minimum atomic E-state index is -0.537. The van der Waals surface area contributed by atoms with Crippen molar-refractivity contribution in [2.24, 2.45) is 0 Å². The Morgan fingerprint density at radius 1 is 0.615 bits per heavy atom. The molecule has 0 amide bonds. The van der Waals surface area contributed by atoms with Gasteiger partial charge in [0.05, 0.1) is 11.1 Å². The van der Waals surface area contributed by atoms with Crippen molar-refractivity contribution in [3.8, 4) is 22.3 Å². The van der Waals surface area contributed by atoms with E-state index in [1.165, 1.54) is 44.2 Å². The number of pyridine rings is 1. The van der Waals surface area contributed by atoms with Crippen LogP contribution in [0.4, 0.5) is 0 Å². The summed E-state index contributed by atoms with van der Waals surface area (Å²) in [6.07, 6.45) is 5.80. The van der Waals surface area contributed by atoms with Crippen LogP contribution in [-0.4, -0.2) is 4.98 Å². The van der Waals surface area contributed by atoms with Crippen LogP contribution in [0, 0.1) is 0 Å². The van der Waals surface area contributed by atoms with Crippen LogP contribution in [0.15, 0.2) is 141 Å². The van der Waals surface area contributed by atoms with Crippen LogP contribution in [0.25, 0.3) is 45.2 Å². The monoisotopic (exact) mass is 497 g/mol. The van der Waals surface area contributed by atoms with Gasteiger partial charge in [0.25, 0.3) is 0 Å². The van der Waals surface area contributed by atoms with Crippen LogP contribution in [0.2, 0.25) is 0 Å². The predicted octanol–water partition coefficient (Wildman–Crippen LogP) is 9.55. The summed E-state index contributed by atoms with van der Waals surface area (Å²) in [5.74, 6) is 0. The molecule has 0 aliphatic heterocycles. The van der Waals surface area contributed by atoms with Crippen molar-refractivity contribution in [1.29, 1.82) is 0 Å². The van der Waals surface area contributed by atoms with E-state index in [1.807, 2.05) is 24.4 Å². The molecule has 0 saturated heterocycles. The molecule has 7 rings (SSSR count). The van der Waals surface area contributed by atoms with Gasteiger partial charge in [-0.25, -0.2) is 0 Å². The fourth-order valence-corrected chi connectivity index (χ4v) is 6.53. The first-order valence-electron chi connectivity index (χ1n) is 13.3. The lowest BCUT2D eigenvalue weighted by Gasteiger charge is -2.33. The van der Waals surface area contributed by atoms with E-state index in [1.54, 1.807) is 0 Å². The second-order valence-corrected chi connectivity index (χ2v) is 10.0. The Hall–Kier alpha value is -5.01. The van der Waals surface area contributed by atoms with Gasteiger partial charge in [0.1, 0.15) is 0 Å². The summed E-state index contributed by atoms with van der Waals surface area (Å²) < 4.78 is 0. The van der Waals surface area contributed by atoms with E-state index < -0.39 is 5.41 Å². The number of fused-ring (bicyclic) bond motifs is 4. The van der Waals surface area contributed by atoms with Gasteiger partial charge in [0.15, 0.2) is 0 Å². The number of rotatable bonds is 5. The zero-order valence-corrected chi connectivity index (χ0v) is 21.6. The van der Waals surface area contributed by atoms with Gasteiger partial charge in [0, 0.05) is 6.20 Å². The quantitative estimate of drug-likeness (QED) is 0.231. The highest BCUT2D eigenvalue weighted by atomic mass is 14.7. The van der Waals surface area contributed by atoms with Crippen molar-refractivity contribution in [2.45, 2.75) is 5.41 Å². The van der Waals surface area contributed by atoms with Gasteiger partial charge in [0.2, 0.25) is 0 Å². The van der Waals surface area contributed by atoms with Gasteiger partial charge in [-0.15, -0.1) is 0 Å². The molecule has 1 heterocycles. The maximum absolute atomic E-state index is 4.99. The Morgan fingerprint density at radius 3 is 2.15 bits per heavy atom. The minimum Gasteiger partial charge on any atom is -0.260 e. The minimum absolute atomic E-state index is 0.537. The van der Waals surface area contributed by atoms with Crippen molar-refractivity contribution in [3.05, 3.63) is 174 Å². The van der Waals surface area contributed by atoms with Crippen molar-refractivity contribution >= 4 is 22.9 Å². The normalized spacial score (nSPS) is 15.5. The first-order chi connectivity index (χ1) is 19.3. The average molecular weight is 498 g/mol. The number of hydrogen-bond acceptors (Lipinski definition) is 1. The van der Waals surface area contributed by atoms with E-state index >= 15 is 0 Å². The van der Waals surface area contributed by atoms with Gasteiger partial charge in [-0.3, -0.25) is 4.98 Å². The van der Waals surface area contributed by atoms with Crippen molar-refractivity contribution in [3.63, 3.8) is 0 Å². The summed E-state index contributed by atoms with van der Waals surface area (Å²) in [4.78, 5) is 4.99. The fourth-order valence-electron chi connectivity index (χ4n) is 6.53. The Kier molecular flexibility index (Phi) is 5.38. The van der Waals surface area contributed by atoms with Crippen LogP contribution in [-0.2, 0) is 5.41 Å². The Morgan fingerprint density at radius 2 is 1.36 bits per heavy atom. The molecule has 1 aromatic heterocycles. The van der Waals surface area contributed by atoms with E-state index in [4.69, 9.17) is 4.98 Å². The Labute approximate surface area is 229 Å². The molecule has 184 valence electrons. The van der Waals surface area contributed by atoms with E-state index in [0.29, 0.717) is 0 Å². The van der Waals surface area contributed by atoms with Crippen molar-refractivity contribution < 1.29 is 0 Å². The van der Waals surface area contributed by atoms with E-state index in [-0.39, 0.29) is 0 Å². The maximum atomic E-state index is 4.99. The highest BCUT2D eigenvalue weighted by molar-refractivity contribution is 6.04. The first-order valence-corrected chi connectivity index (χ1v) is 13.3. The standard InChI is InChI=1S/C38H27N/c1-3-26-24-27-14-8-9-17-31(27)37(30(26)4-2)28-21-22-33-32-18-10-11-19-34(32)38(35(33)25-28,29-15-6-5-7-16-29)36-20-12-13-23-39-36/h3-25H,1-2H2. The molecular weight excluding hydrogens is 470 g/mol. The number of hydrogen-bond donors (Lipinski definition) is 0. The summed E-state index contributed by atoms with van der Waals surface area (Å²) >= 11 is 0. The molecule has 1 atom stereocenters. The van der Waals surface area contributed by atoms with Crippen LogP contribution >= 0.6 is 0 Å². The predicted molar refractivity (Wildman–Crippen MR) is 165 cm³/mol. The largest absolute Gasteiger partial charge is 0.260 e. The number of nitrogens with zero attached hydrogens (tertiary/aromatic N) is 1. The molecule has 0 saturated carbocycles. The molecule has 1 aliphatic carbocycles. The molecule has 5 aromatic carbocycles. The van der Waals surface area contributed by atoms with Gasteiger partial charge < -0.3 is 0 Å². The summed E-state index contributed by atoms with van der Waals surface area (Å²) in [5, 5.41) is 2.40. The Bertz CT molecular complexity index is 1840. The third-order valence-corrected chi connectivity index (χ3v) is 8.13. The van der Waals surface area contributed by atoms with Crippen LogP contribution in [0.5, 0.6) is 0 Å². The molecule has 0 radical (unpaired) electrons. The zero-order chi connectivity index (χ0) is 26.4. The average Bonchev–Trinajstić information content (AvgIpc) is 3.31. The van der Waals surface area contributed by atoms with E-state index in [0.717, 1.165) is 22.4 Å². The van der Waals surface area contributed by atoms with Gasteiger partial charge in [-0.2, -0.15) is 0 Å². The SMILES string of the molecule is C=Cc1cc2ccccc2c(-c2ccc3c(c2)C(c2ccccc2)(c2ccccn2)c2ccccc2-3)c1C=C. The van der Waals surface area contributed by atoms with Gasteiger partial charge in [-0.1, -0.05) is 122 Å². The van der Waals surface area contributed by atoms with Crippen LogP contribution < -0.4 is 0 Å². The smallest absolute Gasteiger partial charge is 0.0886 e. The third kappa shape index (κ3) is 3.30. The molecule has 0 spiro atoms. The topological polar surface area (TPSA) is 12.9 Å². The molecule has 1 aliphatic rings. The second kappa shape index (κ2) is 9.08. The highest BCUT2D eigenvalue weighted by Gasteiger charge is 2.47. The lowest BCUT2D eigenvalue weighted by molar-refractivity contribution is 0.735. The van der Waals surface area contributed by atoms with Crippen LogP contribution in [0.1, 0.15) is 33.5 Å². The van der Waals surface area contributed by atoms with Gasteiger partial charge >= 0.3 is 0 Å². The molecule has 1 nitrogen and oxygen atoms in total. The summed E-state index contributed by atoms with van der Waals surface area (Å²) in [7, 11) is 0. The van der Waals surface area contributed by atoms with Crippen LogP contribution in [0.3, 0.4) is 0 Å². The molecule has 39 heavy (non-hydrogen) atoms. The Balaban J connectivity index is 1.62. The number of aromatic nitrogens is 1. The second-order valence-electron chi connectivity index (χ2n) is 10.0. The van der Waals surface area contributed by atoms with Crippen molar-refractivity contribution in [2.75, 3.05) is 0 Å². The third-order valence-electron chi connectivity index (χ3n) is 8.13. The lowest BCUT2D eigenvalue weighted by Crippen LogP contribution is -2.29. The molecular formula is C38H27N. The van der Waals surface area contributed by atoms with Crippen molar-refractivity contribution in [1.82, 2.24) is 4.98 Å². The molecule has 6 aromatic rings. The van der Waals surface area contributed by atoms with Gasteiger partial charge in [-0.05, 0) is 85.1 Å². The molecule has 1 unspecified atom stereocenters.